The molecule has 7 nitrogen and oxygen atoms in total. The zero-order valence-corrected chi connectivity index (χ0v) is 17.9. The Morgan fingerprint density at radius 2 is 1.62 bits per heavy atom. The first-order valence-electron chi connectivity index (χ1n) is 9.89. The predicted molar refractivity (Wildman–Crippen MR) is 123 cm³/mol. The van der Waals surface area contributed by atoms with Gasteiger partial charge in [-0.05, 0) is 60.7 Å². The number of ether oxygens (including phenoxy) is 1. The Morgan fingerprint density at radius 1 is 0.969 bits per heavy atom. The molecule has 1 aliphatic rings. The molecule has 0 saturated carbocycles. The Bertz CT molecular complexity index is 1160. The summed E-state index contributed by atoms with van der Waals surface area (Å²) in [5.41, 5.74) is 2.10. The van der Waals surface area contributed by atoms with E-state index in [1.54, 1.807) is 79.9 Å². The van der Waals surface area contributed by atoms with Crippen LogP contribution in [-0.4, -0.2) is 30.9 Å². The second-order valence-corrected chi connectivity index (χ2v) is 7.59. The SMILES string of the molecule is COc1ccc(NC(=O)c2ccc(N[C@H]3CC(=O)N(c4ccccc4Cl)C3=O)cc2)cc1. The zero-order valence-electron chi connectivity index (χ0n) is 17.2. The molecular weight excluding hydrogens is 430 g/mol. The summed E-state index contributed by atoms with van der Waals surface area (Å²) in [4.78, 5) is 38.8. The van der Waals surface area contributed by atoms with Gasteiger partial charge in [-0.3, -0.25) is 14.4 Å². The Balaban J connectivity index is 1.41. The molecule has 8 heteroatoms. The van der Waals surface area contributed by atoms with Crippen molar-refractivity contribution in [2.24, 2.45) is 0 Å². The number of benzene rings is 3. The number of hydrogen-bond acceptors (Lipinski definition) is 5. The van der Waals surface area contributed by atoms with Gasteiger partial charge in [-0.15, -0.1) is 0 Å². The van der Waals surface area contributed by atoms with E-state index in [-0.39, 0.29) is 24.1 Å². The van der Waals surface area contributed by atoms with Gasteiger partial charge in [-0.1, -0.05) is 23.7 Å². The van der Waals surface area contributed by atoms with Gasteiger partial charge in [0.05, 0.1) is 24.2 Å². The number of carbonyl (C=O) groups excluding carboxylic acids is 3. The molecule has 1 heterocycles. The van der Waals surface area contributed by atoms with Crippen LogP contribution < -0.4 is 20.3 Å². The molecule has 3 aromatic carbocycles. The van der Waals surface area contributed by atoms with Crippen molar-refractivity contribution in [2.45, 2.75) is 12.5 Å². The third kappa shape index (κ3) is 4.43. The molecule has 1 atom stereocenters. The van der Waals surface area contributed by atoms with Crippen LogP contribution in [0.4, 0.5) is 17.1 Å². The first-order chi connectivity index (χ1) is 15.5. The van der Waals surface area contributed by atoms with Crippen molar-refractivity contribution >= 4 is 46.4 Å². The van der Waals surface area contributed by atoms with Gasteiger partial charge in [0.25, 0.3) is 11.8 Å². The number of methoxy groups -OCH3 is 1. The molecule has 1 saturated heterocycles. The van der Waals surface area contributed by atoms with Crippen LogP contribution in [0.15, 0.2) is 72.8 Å². The highest BCUT2D eigenvalue weighted by Gasteiger charge is 2.40. The summed E-state index contributed by atoms with van der Waals surface area (Å²) in [5.74, 6) is -0.259. The standard InChI is InChI=1S/C24H20ClN3O4/c1-32-18-12-10-17(11-13-18)27-23(30)15-6-8-16(9-7-15)26-20-14-22(29)28(24(20)31)21-5-3-2-4-19(21)25/h2-13,20,26H,14H2,1H3,(H,27,30)/t20-/m0/s1. The summed E-state index contributed by atoms with van der Waals surface area (Å²) in [7, 11) is 1.58. The molecule has 162 valence electrons. The Morgan fingerprint density at radius 3 is 2.28 bits per heavy atom. The molecular formula is C24H20ClN3O4. The summed E-state index contributed by atoms with van der Waals surface area (Å²) in [6, 6.07) is 19.7. The minimum Gasteiger partial charge on any atom is -0.497 e. The quantitative estimate of drug-likeness (QED) is 0.546. The largest absolute Gasteiger partial charge is 0.497 e. The molecule has 0 unspecified atom stereocenters. The van der Waals surface area contributed by atoms with Gasteiger partial charge >= 0.3 is 0 Å². The summed E-state index contributed by atoms with van der Waals surface area (Å²) in [6.45, 7) is 0. The highest BCUT2D eigenvalue weighted by Crippen LogP contribution is 2.30. The van der Waals surface area contributed by atoms with Crippen molar-refractivity contribution in [1.82, 2.24) is 0 Å². The number of amides is 3. The van der Waals surface area contributed by atoms with E-state index in [1.807, 2.05) is 0 Å². The van der Waals surface area contributed by atoms with Gasteiger partial charge in [0.2, 0.25) is 5.91 Å². The third-order valence-electron chi connectivity index (χ3n) is 5.08. The lowest BCUT2D eigenvalue weighted by Crippen LogP contribution is -2.35. The van der Waals surface area contributed by atoms with E-state index in [0.29, 0.717) is 33.4 Å². The molecule has 0 spiro atoms. The van der Waals surface area contributed by atoms with Gasteiger partial charge in [0, 0.05) is 16.9 Å². The van der Waals surface area contributed by atoms with E-state index in [4.69, 9.17) is 16.3 Å². The highest BCUT2D eigenvalue weighted by atomic mass is 35.5. The monoisotopic (exact) mass is 449 g/mol. The molecule has 1 aliphatic heterocycles. The van der Waals surface area contributed by atoms with Crippen LogP contribution in [-0.2, 0) is 9.59 Å². The predicted octanol–water partition coefficient (Wildman–Crippen LogP) is 4.34. The van der Waals surface area contributed by atoms with Crippen molar-refractivity contribution in [3.63, 3.8) is 0 Å². The lowest BCUT2D eigenvalue weighted by molar-refractivity contribution is -0.121. The van der Waals surface area contributed by atoms with Crippen LogP contribution in [0.25, 0.3) is 0 Å². The second kappa shape index (κ2) is 9.11. The number of anilines is 3. The lowest BCUT2D eigenvalue weighted by Gasteiger charge is -2.17. The van der Waals surface area contributed by atoms with Crippen molar-refractivity contribution in [3.8, 4) is 5.75 Å². The number of hydrogen-bond donors (Lipinski definition) is 2. The number of para-hydroxylation sites is 1. The molecule has 0 aliphatic carbocycles. The fourth-order valence-electron chi connectivity index (χ4n) is 3.43. The Hall–Kier alpha value is -3.84. The fourth-order valence-corrected chi connectivity index (χ4v) is 3.65. The van der Waals surface area contributed by atoms with E-state index in [9.17, 15) is 14.4 Å². The first kappa shape index (κ1) is 21.4. The van der Waals surface area contributed by atoms with Crippen molar-refractivity contribution < 1.29 is 19.1 Å². The maximum atomic E-state index is 12.8. The smallest absolute Gasteiger partial charge is 0.256 e. The minimum absolute atomic E-state index is 0.0176. The van der Waals surface area contributed by atoms with Gasteiger partial charge < -0.3 is 15.4 Å². The number of nitrogens with one attached hydrogen (secondary N) is 2. The maximum absolute atomic E-state index is 12.8. The van der Waals surface area contributed by atoms with Crippen molar-refractivity contribution in [1.29, 1.82) is 0 Å². The van der Waals surface area contributed by atoms with Crippen LogP contribution in [0.2, 0.25) is 5.02 Å². The molecule has 3 aromatic rings. The van der Waals surface area contributed by atoms with Crippen LogP contribution in [0, 0.1) is 0 Å². The number of nitrogens with zero attached hydrogens (tertiary/aromatic N) is 1. The zero-order chi connectivity index (χ0) is 22.7. The number of imide groups is 1. The third-order valence-corrected chi connectivity index (χ3v) is 5.40. The van der Waals surface area contributed by atoms with E-state index >= 15 is 0 Å². The molecule has 32 heavy (non-hydrogen) atoms. The average Bonchev–Trinajstić information content (AvgIpc) is 3.08. The molecule has 0 aromatic heterocycles. The molecule has 0 bridgehead atoms. The average molecular weight is 450 g/mol. The summed E-state index contributed by atoms with van der Waals surface area (Å²) < 4.78 is 5.10. The Labute approximate surface area is 189 Å². The lowest BCUT2D eigenvalue weighted by atomic mass is 10.1. The van der Waals surface area contributed by atoms with Crippen LogP contribution in [0.3, 0.4) is 0 Å². The van der Waals surface area contributed by atoms with Crippen LogP contribution in [0.5, 0.6) is 5.75 Å². The maximum Gasteiger partial charge on any atom is 0.256 e. The normalized spacial score (nSPS) is 15.6. The molecule has 2 N–H and O–H groups in total. The van der Waals surface area contributed by atoms with Crippen LogP contribution in [0.1, 0.15) is 16.8 Å². The van der Waals surface area contributed by atoms with Crippen molar-refractivity contribution in [2.75, 3.05) is 22.6 Å². The molecule has 3 amide bonds. The van der Waals surface area contributed by atoms with E-state index in [2.05, 4.69) is 10.6 Å². The van der Waals surface area contributed by atoms with E-state index in [0.717, 1.165) is 4.90 Å². The number of halogens is 1. The van der Waals surface area contributed by atoms with Gasteiger partial charge in [-0.2, -0.15) is 0 Å². The fraction of sp³-hybridized carbons (Fsp3) is 0.125. The summed E-state index contributed by atoms with van der Waals surface area (Å²) in [6.07, 6.45) is 0.0176. The molecule has 4 rings (SSSR count). The van der Waals surface area contributed by atoms with Gasteiger partial charge in [-0.25, -0.2) is 4.90 Å². The minimum atomic E-state index is -0.710. The van der Waals surface area contributed by atoms with Gasteiger partial charge in [0.1, 0.15) is 11.8 Å². The number of rotatable bonds is 6. The first-order valence-corrected chi connectivity index (χ1v) is 10.3. The topological polar surface area (TPSA) is 87.7 Å². The van der Waals surface area contributed by atoms with E-state index < -0.39 is 6.04 Å². The van der Waals surface area contributed by atoms with Gasteiger partial charge in [0.15, 0.2) is 0 Å². The summed E-state index contributed by atoms with van der Waals surface area (Å²) >= 11 is 6.15. The Kier molecular flexibility index (Phi) is 6.09. The number of carbonyl (C=O) groups is 3. The van der Waals surface area contributed by atoms with Crippen molar-refractivity contribution in [3.05, 3.63) is 83.4 Å². The molecule has 1 fully saturated rings. The van der Waals surface area contributed by atoms with Crippen LogP contribution >= 0.6 is 11.6 Å². The second-order valence-electron chi connectivity index (χ2n) is 7.18. The van der Waals surface area contributed by atoms with E-state index in [1.165, 1.54) is 0 Å². The molecule has 0 radical (unpaired) electrons. The highest BCUT2D eigenvalue weighted by molar-refractivity contribution is 6.36. The summed E-state index contributed by atoms with van der Waals surface area (Å²) in [5, 5.41) is 6.21.